The number of rotatable bonds is 6. The summed E-state index contributed by atoms with van der Waals surface area (Å²) < 4.78 is 26.0. The van der Waals surface area contributed by atoms with Crippen LogP contribution in [0, 0.1) is 10.1 Å². The van der Waals surface area contributed by atoms with E-state index in [1.807, 2.05) is 6.92 Å². The normalized spacial score (nSPS) is 13.2. The van der Waals surface area contributed by atoms with E-state index in [2.05, 4.69) is 4.72 Å². The van der Waals surface area contributed by atoms with E-state index in [1.165, 1.54) is 18.2 Å². The van der Waals surface area contributed by atoms with Gasteiger partial charge in [-0.2, -0.15) is 0 Å². The van der Waals surface area contributed by atoms with Crippen LogP contribution in [0.5, 0.6) is 0 Å². The summed E-state index contributed by atoms with van der Waals surface area (Å²) in [5.41, 5.74) is 0.297. The average molecular weight is 272 g/mol. The van der Waals surface area contributed by atoms with Gasteiger partial charge in [0.1, 0.15) is 0 Å². The molecule has 0 aliphatic heterocycles. The smallest absolute Gasteiger partial charge is 0.258 e. The highest BCUT2D eigenvalue weighted by Gasteiger charge is 2.16. The highest BCUT2D eigenvalue weighted by Crippen LogP contribution is 2.15. The van der Waals surface area contributed by atoms with E-state index >= 15 is 0 Å². The Balaban J connectivity index is 2.84. The van der Waals surface area contributed by atoms with Crippen molar-refractivity contribution in [2.45, 2.75) is 32.1 Å². The summed E-state index contributed by atoms with van der Waals surface area (Å²) in [6, 6.07) is 5.50. The van der Waals surface area contributed by atoms with E-state index in [4.69, 9.17) is 0 Å². The Kier molecular flexibility index (Phi) is 4.80. The summed E-state index contributed by atoms with van der Waals surface area (Å²) in [6.45, 7) is 3.64. The van der Waals surface area contributed by atoms with Crippen LogP contribution in [0.2, 0.25) is 0 Å². The standard InChI is InChI=1S/C11H16N2O4S/c1-3-9(2)12-18(16,17)8-10-5-4-6-11(7-10)13(14)15/h4-7,9,12H,3,8H2,1-2H3/t9-/m1/s1. The third kappa shape index (κ3) is 4.42. The summed E-state index contributed by atoms with van der Waals surface area (Å²) in [4.78, 5) is 10.0. The van der Waals surface area contributed by atoms with Crippen molar-refractivity contribution in [2.24, 2.45) is 0 Å². The van der Waals surface area contributed by atoms with E-state index in [1.54, 1.807) is 13.0 Å². The molecule has 1 N–H and O–H groups in total. The first kappa shape index (κ1) is 14.6. The summed E-state index contributed by atoms with van der Waals surface area (Å²) >= 11 is 0. The Morgan fingerprint density at radius 1 is 1.44 bits per heavy atom. The maximum Gasteiger partial charge on any atom is 0.269 e. The summed E-state index contributed by atoms with van der Waals surface area (Å²) in [5, 5.41) is 10.6. The molecule has 0 heterocycles. The summed E-state index contributed by atoms with van der Waals surface area (Å²) in [5.74, 6) is -0.251. The van der Waals surface area contributed by atoms with Crippen LogP contribution in [-0.2, 0) is 15.8 Å². The van der Waals surface area contributed by atoms with Crippen molar-refractivity contribution in [2.75, 3.05) is 0 Å². The molecule has 0 aromatic heterocycles. The number of hydrogen-bond acceptors (Lipinski definition) is 4. The van der Waals surface area contributed by atoms with Crippen LogP contribution in [0.1, 0.15) is 25.8 Å². The molecular weight excluding hydrogens is 256 g/mol. The average Bonchev–Trinajstić information content (AvgIpc) is 2.27. The van der Waals surface area contributed by atoms with Crippen molar-refractivity contribution < 1.29 is 13.3 Å². The molecule has 7 heteroatoms. The first-order valence-electron chi connectivity index (χ1n) is 5.57. The summed E-state index contributed by atoms with van der Waals surface area (Å²) in [7, 11) is -3.46. The number of nitrogens with one attached hydrogen (secondary N) is 1. The predicted octanol–water partition coefficient (Wildman–Crippen LogP) is 1.81. The van der Waals surface area contributed by atoms with Gasteiger partial charge in [0.2, 0.25) is 10.0 Å². The van der Waals surface area contributed by atoms with Crippen LogP contribution in [0.4, 0.5) is 5.69 Å². The van der Waals surface area contributed by atoms with E-state index in [0.717, 1.165) is 0 Å². The minimum Gasteiger partial charge on any atom is -0.258 e. The Hall–Kier alpha value is -1.47. The molecule has 100 valence electrons. The number of nitro groups is 1. The molecule has 1 aromatic rings. The lowest BCUT2D eigenvalue weighted by Crippen LogP contribution is -2.32. The van der Waals surface area contributed by atoms with E-state index in [-0.39, 0.29) is 17.5 Å². The number of non-ortho nitro benzene ring substituents is 1. The zero-order chi connectivity index (χ0) is 13.8. The number of benzene rings is 1. The fraction of sp³-hybridized carbons (Fsp3) is 0.455. The molecule has 0 bridgehead atoms. The zero-order valence-corrected chi connectivity index (χ0v) is 11.1. The lowest BCUT2D eigenvalue weighted by Gasteiger charge is -2.11. The molecule has 6 nitrogen and oxygen atoms in total. The third-order valence-electron chi connectivity index (χ3n) is 2.47. The highest BCUT2D eigenvalue weighted by atomic mass is 32.2. The second-order valence-corrected chi connectivity index (χ2v) is 5.87. The van der Waals surface area contributed by atoms with Gasteiger partial charge in [-0.1, -0.05) is 19.1 Å². The van der Waals surface area contributed by atoms with Crippen LogP contribution < -0.4 is 4.72 Å². The second-order valence-electron chi connectivity index (χ2n) is 4.11. The van der Waals surface area contributed by atoms with Crippen molar-refractivity contribution in [3.8, 4) is 0 Å². The van der Waals surface area contributed by atoms with Crippen molar-refractivity contribution in [3.63, 3.8) is 0 Å². The van der Waals surface area contributed by atoms with Gasteiger partial charge in [0, 0.05) is 18.2 Å². The lowest BCUT2D eigenvalue weighted by molar-refractivity contribution is -0.384. The lowest BCUT2D eigenvalue weighted by atomic mass is 10.2. The number of nitro benzene ring substituents is 1. The molecule has 0 radical (unpaired) electrons. The van der Waals surface area contributed by atoms with Gasteiger partial charge in [0.25, 0.3) is 5.69 Å². The molecule has 0 saturated heterocycles. The molecule has 1 rings (SSSR count). The Morgan fingerprint density at radius 3 is 2.67 bits per heavy atom. The van der Waals surface area contributed by atoms with Crippen molar-refractivity contribution in [1.82, 2.24) is 4.72 Å². The molecule has 1 aromatic carbocycles. The second kappa shape index (κ2) is 5.92. The van der Waals surface area contributed by atoms with E-state index in [9.17, 15) is 18.5 Å². The van der Waals surface area contributed by atoms with Gasteiger partial charge < -0.3 is 0 Å². The Bertz CT molecular complexity index is 528. The predicted molar refractivity (Wildman–Crippen MR) is 68.6 cm³/mol. The number of hydrogen-bond donors (Lipinski definition) is 1. The Morgan fingerprint density at radius 2 is 2.11 bits per heavy atom. The van der Waals surface area contributed by atoms with Gasteiger partial charge in [-0.3, -0.25) is 10.1 Å². The molecule has 0 aliphatic carbocycles. The largest absolute Gasteiger partial charge is 0.269 e. The molecule has 0 aliphatic rings. The van der Waals surface area contributed by atoms with Crippen molar-refractivity contribution >= 4 is 15.7 Å². The van der Waals surface area contributed by atoms with Crippen LogP contribution in [0.25, 0.3) is 0 Å². The first-order valence-corrected chi connectivity index (χ1v) is 7.22. The van der Waals surface area contributed by atoms with E-state index in [0.29, 0.717) is 12.0 Å². The fourth-order valence-corrected chi connectivity index (χ4v) is 2.89. The van der Waals surface area contributed by atoms with Crippen LogP contribution in [-0.4, -0.2) is 19.4 Å². The van der Waals surface area contributed by atoms with Crippen LogP contribution in [0.15, 0.2) is 24.3 Å². The molecule has 0 fully saturated rings. The van der Waals surface area contributed by atoms with Gasteiger partial charge in [-0.15, -0.1) is 0 Å². The minimum absolute atomic E-state index is 0.105. The highest BCUT2D eigenvalue weighted by molar-refractivity contribution is 7.88. The molecule has 0 unspecified atom stereocenters. The maximum atomic E-state index is 11.8. The quantitative estimate of drug-likeness (QED) is 0.631. The minimum atomic E-state index is -3.46. The molecule has 18 heavy (non-hydrogen) atoms. The third-order valence-corrected chi connectivity index (χ3v) is 3.95. The topological polar surface area (TPSA) is 89.3 Å². The monoisotopic (exact) mass is 272 g/mol. The first-order chi connectivity index (χ1) is 8.34. The van der Waals surface area contributed by atoms with Crippen molar-refractivity contribution in [1.29, 1.82) is 0 Å². The number of nitrogens with zero attached hydrogens (tertiary/aromatic N) is 1. The Labute approximate surface area is 106 Å². The fourth-order valence-electron chi connectivity index (χ4n) is 1.41. The molecule has 0 amide bonds. The molecule has 0 spiro atoms. The SMILES string of the molecule is CC[C@@H](C)NS(=O)(=O)Cc1cccc([N+](=O)[O-])c1. The maximum absolute atomic E-state index is 11.8. The molecular formula is C11H16N2O4S. The van der Waals surface area contributed by atoms with Gasteiger partial charge in [0.05, 0.1) is 10.7 Å². The number of sulfonamides is 1. The van der Waals surface area contributed by atoms with Gasteiger partial charge >= 0.3 is 0 Å². The van der Waals surface area contributed by atoms with Gasteiger partial charge in [0.15, 0.2) is 0 Å². The molecule has 0 saturated carbocycles. The van der Waals surface area contributed by atoms with E-state index < -0.39 is 14.9 Å². The molecule has 1 atom stereocenters. The van der Waals surface area contributed by atoms with Gasteiger partial charge in [-0.25, -0.2) is 13.1 Å². The van der Waals surface area contributed by atoms with Crippen LogP contribution in [0.3, 0.4) is 0 Å². The zero-order valence-electron chi connectivity index (χ0n) is 10.3. The van der Waals surface area contributed by atoms with Gasteiger partial charge in [-0.05, 0) is 18.9 Å². The van der Waals surface area contributed by atoms with Crippen LogP contribution >= 0.6 is 0 Å². The van der Waals surface area contributed by atoms with Crippen molar-refractivity contribution in [3.05, 3.63) is 39.9 Å². The summed E-state index contributed by atoms with van der Waals surface area (Å²) in [6.07, 6.45) is 0.689.